The van der Waals surface area contributed by atoms with Gasteiger partial charge in [-0.1, -0.05) is 12.1 Å². The Kier molecular flexibility index (Phi) is 4.34. The minimum absolute atomic E-state index is 0.0585. The third-order valence-electron chi connectivity index (χ3n) is 3.87. The van der Waals surface area contributed by atoms with Gasteiger partial charge in [-0.05, 0) is 36.0 Å². The molecule has 3 aromatic rings. The van der Waals surface area contributed by atoms with Crippen LogP contribution in [-0.4, -0.2) is 37.7 Å². The summed E-state index contributed by atoms with van der Waals surface area (Å²) in [7, 11) is 0. The molecule has 0 fully saturated rings. The maximum absolute atomic E-state index is 12.6. The number of alkyl halides is 3. The summed E-state index contributed by atoms with van der Waals surface area (Å²) < 4.78 is 39.4. The van der Waals surface area contributed by atoms with E-state index in [9.17, 15) is 18.0 Å². The summed E-state index contributed by atoms with van der Waals surface area (Å²) in [5, 5.41) is 7.12. The van der Waals surface area contributed by atoms with Crippen LogP contribution in [0.2, 0.25) is 0 Å². The van der Waals surface area contributed by atoms with Gasteiger partial charge in [-0.25, -0.2) is 9.97 Å². The predicted octanol–water partition coefficient (Wildman–Crippen LogP) is 3.36. The largest absolute Gasteiger partial charge is 0.446 e. The highest BCUT2D eigenvalue weighted by Crippen LogP contribution is 2.37. The Morgan fingerprint density at radius 3 is 2.78 bits per heavy atom. The van der Waals surface area contributed by atoms with Gasteiger partial charge in [0.15, 0.2) is 5.82 Å². The van der Waals surface area contributed by atoms with E-state index in [0.29, 0.717) is 35.7 Å². The molecule has 0 unspecified atom stereocenters. The molecule has 3 heterocycles. The number of hydrogen-bond acceptors (Lipinski definition) is 5. The van der Waals surface area contributed by atoms with Crippen LogP contribution in [0.1, 0.15) is 10.5 Å². The van der Waals surface area contributed by atoms with E-state index in [4.69, 9.17) is 0 Å². The van der Waals surface area contributed by atoms with Crippen molar-refractivity contribution in [2.45, 2.75) is 16.9 Å². The van der Waals surface area contributed by atoms with Gasteiger partial charge in [-0.15, -0.1) is 0 Å². The fraction of sp³-hybridized carbons (Fsp3) is 0.176. The molecule has 0 spiro atoms. The molecule has 1 aliphatic rings. The van der Waals surface area contributed by atoms with Crippen LogP contribution in [0, 0.1) is 0 Å². The number of fused-ring (bicyclic) bond motifs is 1. The number of rotatable bonds is 3. The number of carbonyl (C=O) groups excluding carboxylic acids is 1. The van der Waals surface area contributed by atoms with E-state index in [-0.39, 0.29) is 28.4 Å². The zero-order valence-corrected chi connectivity index (χ0v) is 14.5. The zero-order valence-electron chi connectivity index (χ0n) is 13.7. The van der Waals surface area contributed by atoms with Crippen molar-refractivity contribution in [3.63, 3.8) is 0 Å². The van der Waals surface area contributed by atoms with Gasteiger partial charge in [-0.2, -0.15) is 18.3 Å². The topological polar surface area (TPSA) is 72.7 Å². The minimum atomic E-state index is -4.36. The first kappa shape index (κ1) is 17.5. The number of thioether (sulfide) groups is 1. The molecule has 27 heavy (non-hydrogen) atoms. The Morgan fingerprint density at radius 1 is 1.15 bits per heavy atom. The van der Waals surface area contributed by atoms with Gasteiger partial charge < -0.3 is 5.32 Å². The van der Waals surface area contributed by atoms with E-state index < -0.39 is 5.51 Å². The molecule has 10 heteroatoms. The molecule has 0 aliphatic carbocycles. The first-order valence-electron chi connectivity index (χ1n) is 7.95. The van der Waals surface area contributed by atoms with Gasteiger partial charge >= 0.3 is 5.51 Å². The van der Waals surface area contributed by atoms with Crippen molar-refractivity contribution in [1.29, 1.82) is 0 Å². The maximum Gasteiger partial charge on any atom is 0.446 e. The molecule has 6 nitrogen and oxygen atoms in total. The fourth-order valence-corrected chi connectivity index (χ4v) is 3.33. The SMILES string of the molecule is O=C1NCCn2nc(-c3ccnc(-c4cccc(SC(F)(F)F)c4)n3)cc21. The van der Waals surface area contributed by atoms with Crippen LogP contribution >= 0.6 is 11.8 Å². The molecule has 1 aliphatic heterocycles. The van der Waals surface area contributed by atoms with Crippen LogP contribution < -0.4 is 5.32 Å². The molecule has 2 aromatic heterocycles. The Balaban J connectivity index is 1.68. The van der Waals surface area contributed by atoms with E-state index in [1.807, 2.05) is 0 Å². The molecule has 0 bridgehead atoms. The fourth-order valence-electron chi connectivity index (χ4n) is 2.73. The van der Waals surface area contributed by atoms with E-state index in [1.54, 1.807) is 22.9 Å². The summed E-state index contributed by atoms with van der Waals surface area (Å²) >= 11 is -0.187. The molecule has 0 saturated heterocycles. The first-order valence-corrected chi connectivity index (χ1v) is 8.76. The summed E-state index contributed by atoms with van der Waals surface area (Å²) in [5.74, 6) is 0.0821. The van der Waals surface area contributed by atoms with Crippen molar-refractivity contribution in [3.8, 4) is 22.8 Å². The standard InChI is InChI=1S/C17H12F3N5OS/c18-17(19,20)27-11-3-1-2-10(8-11)15-21-5-4-12(23-15)13-9-14-16(26)22-6-7-25(14)24-13/h1-5,8-9H,6-7H2,(H,22,26). The van der Waals surface area contributed by atoms with Crippen molar-refractivity contribution in [3.05, 3.63) is 48.3 Å². The lowest BCUT2D eigenvalue weighted by Crippen LogP contribution is -2.35. The van der Waals surface area contributed by atoms with Crippen LogP contribution in [0.25, 0.3) is 22.8 Å². The van der Waals surface area contributed by atoms with Crippen LogP contribution in [-0.2, 0) is 6.54 Å². The lowest BCUT2D eigenvalue weighted by Gasteiger charge is -2.13. The molecule has 0 atom stereocenters. The third-order valence-corrected chi connectivity index (χ3v) is 4.59. The van der Waals surface area contributed by atoms with Crippen molar-refractivity contribution in [2.24, 2.45) is 0 Å². The van der Waals surface area contributed by atoms with Crippen molar-refractivity contribution in [1.82, 2.24) is 25.1 Å². The molecular formula is C17H12F3N5OS. The van der Waals surface area contributed by atoms with E-state index in [0.717, 1.165) is 0 Å². The van der Waals surface area contributed by atoms with Crippen molar-refractivity contribution < 1.29 is 18.0 Å². The second-order valence-electron chi connectivity index (χ2n) is 5.73. The molecule has 4 rings (SSSR count). The summed E-state index contributed by atoms with van der Waals surface area (Å²) in [6.45, 7) is 1.07. The predicted molar refractivity (Wildman–Crippen MR) is 92.9 cm³/mol. The number of benzene rings is 1. The van der Waals surface area contributed by atoms with Gasteiger partial charge in [0.1, 0.15) is 11.4 Å². The Morgan fingerprint density at radius 2 is 2.00 bits per heavy atom. The van der Waals surface area contributed by atoms with Crippen LogP contribution in [0.5, 0.6) is 0 Å². The Hall–Kier alpha value is -2.88. The van der Waals surface area contributed by atoms with Gasteiger partial charge in [0.2, 0.25) is 0 Å². The summed E-state index contributed by atoms with van der Waals surface area (Å²) in [4.78, 5) is 20.5. The molecule has 1 aromatic carbocycles. The van der Waals surface area contributed by atoms with E-state index >= 15 is 0 Å². The summed E-state index contributed by atoms with van der Waals surface area (Å²) in [5.41, 5.74) is -2.46. The highest BCUT2D eigenvalue weighted by atomic mass is 32.2. The van der Waals surface area contributed by atoms with E-state index in [1.165, 1.54) is 24.4 Å². The lowest BCUT2D eigenvalue weighted by atomic mass is 10.2. The number of hydrogen-bond donors (Lipinski definition) is 1. The smallest absolute Gasteiger partial charge is 0.349 e. The minimum Gasteiger partial charge on any atom is -0.349 e. The second-order valence-corrected chi connectivity index (χ2v) is 6.87. The zero-order chi connectivity index (χ0) is 19.0. The molecule has 1 N–H and O–H groups in total. The second kappa shape index (κ2) is 6.69. The van der Waals surface area contributed by atoms with Gasteiger partial charge in [0, 0.05) is 23.2 Å². The molecule has 138 valence electrons. The van der Waals surface area contributed by atoms with Gasteiger partial charge in [0.25, 0.3) is 5.91 Å². The maximum atomic E-state index is 12.6. The lowest BCUT2D eigenvalue weighted by molar-refractivity contribution is -0.0328. The monoisotopic (exact) mass is 391 g/mol. The number of halogens is 3. The average molecular weight is 391 g/mol. The molecule has 1 amide bonds. The molecule has 0 saturated carbocycles. The Bertz CT molecular complexity index is 1020. The number of amides is 1. The van der Waals surface area contributed by atoms with Crippen LogP contribution in [0.15, 0.2) is 47.5 Å². The quantitative estimate of drug-likeness (QED) is 0.693. The van der Waals surface area contributed by atoms with Crippen molar-refractivity contribution >= 4 is 17.7 Å². The highest BCUT2D eigenvalue weighted by molar-refractivity contribution is 8.00. The van der Waals surface area contributed by atoms with Crippen molar-refractivity contribution in [2.75, 3.05) is 6.54 Å². The molecular weight excluding hydrogens is 379 g/mol. The number of aromatic nitrogens is 4. The number of nitrogens with zero attached hydrogens (tertiary/aromatic N) is 4. The highest BCUT2D eigenvalue weighted by Gasteiger charge is 2.29. The number of carbonyl (C=O) groups is 1. The third kappa shape index (κ3) is 3.80. The molecule has 0 radical (unpaired) electrons. The van der Waals surface area contributed by atoms with E-state index in [2.05, 4.69) is 20.4 Å². The van der Waals surface area contributed by atoms with Gasteiger partial charge in [0.05, 0.1) is 12.2 Å². The first-order chi connectivity index (χ1) is 12.9. The van der Waals surface area contributed by atoms with Crippen LogP contribution in [0.4, 0.5) is 13.2 Å². The summed E-state index contributed by atoms with van der Waals surface area (Å²) in [6, 6.07) is 9.22. The van der Waals surface area contributed by atoms with Gasteiger partial charge in [-0.3, -0.25) is 9.48 Å². The van der Waals surface area contributed by atoms with Crippen LogP contribution in [0.3, 0.4) is 0 Å². The summed E-state index contributed by atoms with van der Waals surface area (Å²) in [6.07, 6.45) is 1.51. The average Bonchev–Trinajstić information content (AvgIpc) is 3.06. The Labute approximate surface area is 155 Å². The normalized spacial score (nSPS) is 14.0. The number of nitrogens with one attached hydrogen (secondary N) is 1.